The summed E-state index contributed by atoms with van der Waals surface area (Å²) in [6.07, 6.45) is 0. The molecule has 2 rings (SSSR count). The fourth-order valence-electron chi connectivity index (χ4n) is 2.02. The van der Waals surface area contributed by atoms with Gasteiger partial charge in [0.2, 0.25) is 10.0 Å². The van der Waals surface area contributed by atoms with E-state index in [4.69, 9.17) is 0 Å². The molecule has 0 N–H and O–H groups in total. The Bertz CT molecular complexity index is 694. The minimum absolute atomic E-state index is 0.00613. The molecule has 1 saturated heterocycles. The number of hydrogen-bond donors (Lipinski definition) is 0. The van der Waals surface area contributed by atoms with E-state index in [1.165, 1.54) is 18.2 Å². The van der Waals surface area contributed by atoms with Crippen LogP contribution in [0.4, 0.5) is 4.39 Å². The van der Waals surface area contributed by atoms with Gasteiger partial charge in [0.25, 0.3) is 0 Å². The molecule has 5 nitrogen and oxygen atoms in total. The number of hydrogen-bond acceptors (Lipinski definition) is 4. The Morgan fingerprint density at radius 1 is 1.25 bits per heavy atom. The van der Waals surface area contributed by atoms with E-state index in [2.05, 4.69) is 0 Å². The summed E-state index contributed by atoms with van der Waals surface area (Å²) in [5, 5.41) is -0.616. The second kappa shape index (κ2) is 5.42. The van der Waals surface area contributed by atoms with Crippen LogP contribution in [0.15, 0.2) is 24.3 Å². The molecular weight excluding hydrogens is 305 g/mol. The van der Waals surface area contributed by atoms with E-state index in [0.717, 1.165) is 10.4 Å². The topological polar surface area (TPSA) is 71.5 Å². The fourth-order valence-corrected chi connectivity index (χ4v) is 5.09. The number of halogens is 1. The van der Waals surface area contributed by atoms with Crippen LogP contribution < -0.4 is 0 Å². The second-order valence-electron chi connectivity index (χ2n) is 4.78. The molecule has 1 heterocycles. The molecule has 1 aliphatic rings. The van der Waals surface area contributed by atoms with Gasteiger partial charge >= 0.3 is 0 Å². The van der Waals surface area contributed by atoms with E-state index in [1.807, 2.05) is 0 Å². The Morgan fingerprint density at radius 3 is 2.45 bits per heavy atom. The summed E-state index contributed by atoms with van der Waals surface area (Å²) in [6, 6.07) is 5.38. The van der Waals surface area contributed by atoms with E-state index >= 15 is 0 Å². The number of sulfone groups is 1. The first-order valence-corrected chi connectivity index (χ1v) is 9.51. The van der Waals surface area contributed by atoms with E-state index in [-0.39, 0.29) is 24.6 Å². The van der Waals surface area contributed by atoms with Crippen LogP contribution in [-0.2, 0) is 25.6 Å². The molecule has 0 amide bonds. The third-order valence-corrected chi connectivity index (χ3v) is 7.26. The van der Waals surface area contributed by atoms with Gasteiger partial charge in [-0.3, -0.25) is 0 Å². The second-order valence-corrected chi connectivity index (χ2v) is 9.32. The Hall–Kier alpha value is -0.990. The summed E-state index contributed by atoms with van der Waals surface area (Å²) in [5.74, 6) is -0.799. The maximum Gasteiger partial charge on any atom is 0.218 e. The van der Waals surface area contributed by atoms with Crippen molar-refractivity contribution in [3.8, 4) is 0 Å². The molecule has 0 bridgehead atoms. The summed E-state index contributed by atoms with van der Waals surface area (Å²) < 4.78 is 61.4. The zero-order valence-corrected chi connectivity index (χ0v) is 12.6. The highest BCUT2D eigenvalue weighted by Gasteiger charge is 2.41. The van der Waals surface area contributed by atoms with Crippen molar-refractivity contribution in [1.29, 1.82) is 0 Å². The molecule has 1 fully saturated rings. The zero-order valence-electron chi connectivity index (χ0n) is 11.0. The van der Waals surface area contributed by atoms with Gasteiger partial charge < -0.3 is 0 Å². The van der Waals surface area contributed by atoms with Crippen molar-refractivity contribution in [1.82, 2.24) is 4.31 Å². The number of rotatable bonds is 5. The van der Waals surface area contributed by atoms with E-state index in [9.17, 15) is 21.2 Å². The normalized spacial score (nSPS) is 17.9. The van der Waals surface area contributed by atoms with Gasteiger partial charge in [-0.05, 0) is 17.7 Å². The van der Waals surface area contributed by atoms with Crippen molar-refractivity contribution in [3.05, 3.63) is 35.6 Å². The minimum atomic E-state index is -3.59. The van der Waals surface area contributed by atoms with Gasteiger partial charge in [-0.15, -0.1) is 0 Å². The van der Waals surface area contributed by atoms with Gasteiger partial charge in [0.1, 0.15) is 5.82 Å². The Morgan fingerprint density at radius 2 is 1.90 bits per heavy atom. The molecule has 0 unspecified atom stereocenters. The Labute approximate surface area is 118 Å². The molecule has 1 aromatic carbocycles. The smallest absolute Gasteiger partial charge is 0.218 e. The molecule has 0 spiro atoms. The summed E-state index contributed by atoms with van der Waals surface area (Å²) in [4.78, 5) is 0. The molecular formula is C12H16FNO4S2. The monoisotopic (exact) mass is 321 g/mol. The lowest BCUT2D eigenvalue weighted by Gasteiger charge is -2.37. The van der Waals surface area contributed by atoms with E-state index in [1.54, 1.807) is 6.92 Å². The predicted molar refractivity (Wildman–Crippen MR) is 73.8 cm³/mol. The van der Waals surface area contributed by atoms with Crippen LogP contribution in [0, 0.1) is 5.82 Å². The molecule has 0 saturated carbocycles. The van der Waals surface area contributed by atoms with Crippen molar-refractivity contribution >= 4 is 19.9 Å². The standard InChI is InChI=1S/C12H16FNO4S2/c1-2-19(15,16)12-7-14(8-12)20(17,18)9-10-4-3-5-11(13)6-10/h3-6,12H,2,7-9H2,1H3. The van der Waals surface area contributed by atoms with Gasteiger partial charge in [-0.2, -0.15) is 4.31 Å². The van der Waals surface area contributed by atoms with Crippen LogP contribution in [0.3, 0.4) is 0 Å². The van der Waals surface area contributed by atoms with Crippen LogP contribution in [0.25, 0.3) is 0 Å². The minimum Gasteiger partial charge on any atom is -0.228 e. The lowest BCUT2D eigenvalue weighted by Crippen LogP contribution is -2.57. The molecule has 1 aromatic rings. The lowest BCUT2D eigenvalue weighted by molar-refractivity contribution is 0.309. The van der Waals surface area contributed by atoms with Crippen molar-refractivity contribution in [2.75, 3.05) is 18.8 Å². The summed E-state index contributed by atoms with van der Waals surface area (Å²) in [6.45, 7) is 1.53. The summed E-state index contributed by atoms with van der Waals surface area (Å²) >= 11 is 0. The molecule has 20 heavy (non-hydrogen) atoms. The Balaban J connectivity index is 2.04. The average molecular weight is 321 g/mol. The third-order valence-electron chi connectivity index (χ3n) is 3.36. The highest BCUT2D eigenvalue weighted by Crippen LogP contribution is 2.23. The van der Waals surface area contributed by atoms with E-state index < -0.39 is 30.9 Å². The van der Waals surface area contributed by atoms with Crippen LogP contribution in [0.1, 0.15) is 12.5 Å². The lowest BCUT2D eigenvalue weighted by atomic mass is 10.2. The number of benzene rings is 1. The number of sulfonamides is 1. The highest BCUT2D eigenvalue weighted by atomic mass is 32.2. The van der Waals surface area contributed by atoms with Crippen LogP contribution >= 0.6 is 0 Å². The highest BCUT2D eigenvalue weighted by molar-refractivity contribution is 7.92. The van der Waals surface area contributed by atoms with Gasteiger partial charge in [0.05, 0.1) is 11.0 Å². The van der Waals surface area contributed by atoms with Gasteiger partial charge in [-0.25, -0.2) is 21.2 Å². The maximum absolute atomic E-state index is 13.0. The first-order chi connectivity index (χ1) is 9.24. The molecule has 0 atom stereocenters. The molecule has 0 aliphatic carbocycles. The van der Waals surface area contributed by atoms with Crippen LogP contribution in [-0.4, -0.2) is 45.2 Å². The molecule has 0 aromatic heterocycles. The largest absolute Gasteiger partial charge is 0.228 e. The van der Waals surface area contributed by atoms with Crippen molar-refractivity contribution in [3.63, 3.8) is 0 Å². The van der Waals surface area contributed by atoms with Crippen molar-refractivity contribution in [2.24, 2.45) is 0 Å². The first kappa shape index (κ1) is 15.4. The van der Waals surface area contributed by atoms with Crippen LogP contribution in [0.5, 0.6) is 0 Å². The zero-order chi connectivity index (χ0) is 15.0. The molecule has 112 valence electrons. The van der Waals surface area contributed by atoms with E-state index in [0.29, 0.717) is 5.56 Å². The maximum atomic E-state index is 13.0. The van der Waals surface area contributed by atoms with Gasteiger partial charge in [-0.1, -0.05) is 19.1 Å². The summed E-state index contributed by atoms with van der Waals surface area (Å²) in [5.41, 5.74) is 0.354. The van der Waals surface area contributed by atoms with Crippen molar-refractivity contribution in [2.45, 2.75) is 17.9 Å². The summed E-state index contributed by atoms with van der Waals surface area (Å²) in [7, 11) is -6.79. The average Bonchev–Trinajstić information content (AvgIpc) is 2.25. The van der Waals surface area contributed by atoms with Gasteiger partial charge in [0, 0.05) is 18.8 Å². The number of nitrogens with zero attached hydrogens (tertiary/aromatic N) is 1. The SMILES string of the molecule is CCS(=O)(=O)C1CN(S(=O)(=O)Cc2cccc(F)c2)C1. The van der Waals surface area contributed by atoms with Crippen LogP contribution in [0.2, 0.25) is 0 Å². The van der Waals surface area contributed by atoms with Gasteiger partial charge in [0.15, 0.2) is 9.84 Å². The first-order valence-electron chi connectivity index (χ1n) is 6.18. The molecule has 8 heteroatoms. The fraction of sp³-hybridized carbons (Fsp3) is 0.500. The third kappa shape index (κ3) is 3.18. The molecule has 0 radical (unpaired) electrons. The molecule has 1 aliphatic heterocycles. The van der Waals surface area contributed by atoms with Crippen molar-refractivity contribution < 1.29 is 21.2 Å². The predicted octanol–water partition coefficient (Wildman–Crippen LogP) is 0.774. The quantitative estimate of drug-likeness (QED) is 0.803. The Kier molecular flexibility index (Phi) is 4.17.